The largest absolute Gasteiger partial charge is 0.0617 e. The maximum absolute atomic E-state index is 2.40. The normalized spacial score (nSPS) is 35.1. The van der Waals surface area contributed by atoms with Crippen molar-refractivity contribution in [3.05, 3.63) is 35.4 Å². The van der Waals surface area contributed by atoms with E-state index in [9.17, 15) is 0 Å². The molecule has 0 spiro atoms. The van der Waals surface area contributed by atoms with Gasteiger partial charge in [0, 0.05) is 0 Å². The van der Waals surface area contributed by atoms with Gasteiger partial charge in [-0.15, -0.1) is 0 Å². The van der Waals surface area contributed by atoms with E-state index in [1.54, 1.807) is 5.56 Å². The van der Waals surface area contributed by atoms with E-state index < -0.39 is 0 Å². The molecule has 0 amide bonds. The van der Waals surface area contributed by atoms with E-state index in [0.29, 0.717) is 0 Å². The highest BCUT2D eigenvalue weighted by atomic mass is 14.5. The van der Waals surface area contributed by atoms with Crippen LogP contribution < -0.4 is 0 Å². The average Bonchev–Trinajstić information content (AvgIpc) is 2.76. The lowest BCUT2D eigenvalue weighted by atomic mass is 9.89. The molecule has 0 aliphatic heterocycles. The van der Waals surface area contributed by atoms with Crippen molar-refractivity contribution in [2.24, 2.45) is 11.8 Å². The number of fused-ring (bicyclic) bond motifs is 2. The molecular formula is C14H18. The van der Waals surface area contributed by atoms with Crippen LogP contribution in [-0.2, 0) is 0 Å². The lowest BCUT2D eigenvalue weighted by Gasteiger charge is -2.16. The minimum absolute atomic E-state index is 0.912. The van der Waals surface area contributed by atoms with Crippen LogP contribution in [0.5, 0.6) is 0 Å². The van der Waals surface area contributed by atoms with Gasteiger partial charge in [-0.3, -0.25) is 0 Å². The van der Waals surface area contributed by atoms with E-state index in [0.717, 1.165) is 17.8 Å². The van der Waals surface area contributed by atoms with Gasteiger partial charge in [-0.05, 0) is 55.9 Å². The minimum Gasteiger partial charge on any atom is -0.0617 e. The SMILES string of the molecule is Cc1cccc(C2C3CCC2CC3)c1. The molecule has 1 aromatic carbocycles. The third-order valence-electron chi connectivity index (χ3n) is 4.26. The Labute approximate surface area is 86.3 Å². The summed E-state index contributed by atoms with van der Waals surface area (Å²) < 4.78 is 0. The maximum Gasteiger partial charge on any atom is -0.0105 e. The van der Waals surface area contributed by atoms with Crippen LogP contribution in [0.3, 0.4) is 0 Å². The fraction of sp³-hybridized carbons (Fsp3) is 0.571. The zero-order valence-electron chi connectivity index (χ0n) is 8.87. The summed E-state index contributed by atoms with van der Waals surface area (Å²) in [6.45, 7) is 2.21. The van der Waals surface area contributed by atoms with Crippen LogP contribution in [0.15, 0.2) is 24.3 Å². The molecule has 2 saturated carbocycles. The van der Waals surface area contributed by atoms with Gasteiger partial charge in [-0.25, -0.2) is 0 Å². The van der Waals surface area contributed by atoms with E-state index >= 15 is 0 Å². The second-order valence-corrected chi connectivity index (χ2v) is 5.11. The van der Waals surface area contributed by atoms with Gasteiger partial charge >= 0.3 is 0 Å². The minimum atomic E-state index is 0.912. The fourth-order valence-electron chi connectivity index (χ4n) is 3.67. The van der Waals surface area contributed by atoms with Crippen molar-refractivity contribution in [3.63, 3.8) is 0 Å². The standard InChI is InChI=1S/C14H18/c1-10-3-2-4-13(9-10)14-11-5-6-12(14)8-7-11/h2-4,9,11-12,14H,5-8H2,1H3. The summed E-state index contributed by atoms with van der Waals surface area (Å²) >= 11 is 0. The number of hydrogen-bond acceptors (Lipinski definition) is 0. The van der Waals surface area contributed by atoms with Crippen molar-refractivity contribution in [1.82, 2.24) is 0 Å². The first-order valence-electron chi connectivity index (χ1n) is 5.91. The summed E-state index contributed by atoms with van der Waals surface area (Å²) in [5.74, 6) is 2.94. The Morgan fingerprint density at radius 2 is 1.64 bits per heavy atom. The van der Waals surface area contributed by atoms with Crippen LogP contribution in [0.2, 0.25) is 0 Å². The first-order valence-corrected chi connectivity index (χ1v) is 5.91. The highest BCUT2D eigenvalue weighted by molar-refractivity contribution is 5.28. The van der Waals surface area contributed by atoms with Gasteiger partial charge in [0.05, 0.1) is 0 Å². The summed E-state index contributed by atoms with van der Waals surface area (Å²) in [6, 6.07) is 9.18. The quantitative estimate of drug-likeness (QED) is 0.624. The summed E-state index contributed by atoms with van der Waals surface area (Å²) in [5, 5.41) is 0. The van der Waals surface area contributed by atoms with E-state index in [2.05, 4.69) is 31.2 Å². The molecule has 0 aromatic heterocycles. The molecule has 2 aliphatic carbocycles. The molecule has 0 radical (unpaired) electrons. The Bertz CT molecular complexity index is 320. The summed E-state index contributed by atoms with van der Waals surface area (Å²) in [6.07, 6.45) is 5.96. The van der Waals surface area contributed by atoms with Crippen molar-refractivity contribution in [3.8, 4) is 0 Å². The zero-order valence-corrected chi connectivity index (χ0v) is 8.87. The van der Waals surface area contributed by atoms with Crippen LogP contribution in [0, 0.1) is 18.8 Å². The van der Waals surface area contributed by atoms with Crippen LogP contribution >= 0.6 is 0 Å². The Morgan fingerprint density at radius 1 is 1.00 bits per heavy atom. The van der Waals surface area contributed by atoms with Gasteiger partial charge in [-0.2, -0.15) is 0 Å². The zero-order chi connectivity index (χ0) is 9.54. The molecule has 0 nitrogen and oxygen atoms in total. The van der Waals surface area contributed by atoms with Crippen molar-refractivity contribution < 1.29 is 0 Å². The number of aryl methyl sites for hydroxylation is 1. The molecule has 0 unspecified atom stereocenters. The lowest BCUT2D eigenvalue weighted by molar-refractivity contribution is 0.480. The number of benzene rings is 1. The molecule has 0 heteroatoms. The first kappa shape index (κ1) is 8.52. The van der Waals surface area contributed by atoms with E-state index in [4.69, 9.17) is 0 Å². The Kier molecular flexibility index (Phi) is 1.90. The van der Waals surface area contributed by atoms with Crippen molar-refractivity contribution >= 4 is 0 Å². The summed E-state index contributed by atoms with van der Waals surface area (Å²) in [4.78, 5) is 0. The molecule has 0 saturated heterocycles. The molecule has 2 bridgehead atoms. The third kappa shape index (κ3) is 1.20. The van der Waals surface area contributed by atoms with Crippen molar-refractivity contribution in [1.29, 1.82) is 0 Å². The smallest absolute Gasteiger partial charge is 0.0105 e. The highest BCUT2D eigenvalue weighted by Crippen LogP contribution is 2.54. The topological polar surface area (TPSA) is 0 Å². The summed E-state index contributed by atoms with van der Waals surface area (Å²) in [5.41, 5.74) is 3.05. The Hall–Kier alpha value is -0.780. The van der Waals surface area contributed by atoms with E-state index in [1.807, 2.05) is 0 Å². The monoisotopic (exact) mass is 186 g/mol. The molecule has 0 heterocycles. The molecule has 1 aromatic rings. The lowest BCUT2D eigenvalue weighted by Crippen LogP contribution is -2.03. The fourth-order valence-corrected chi connectivity index (χ4v) is 3.67. The molecule has 2 aliphatic rings. The third-order valence-corrected chi connectivity index (χ3v) is 4.26. The van der Waals surface area contributed by atoms with Gasteiger partial charge < -0.3 is 0 Å². The van der Waals surface area contributed by atoms with Crippen LogP contribution in [0.4, 0.5) is 0 Å². The molecular weight excluding hydrogens is 168 g/mol. The van der Waals surface area contributed by atoms with Crippen molar-refractivity contribution in [2.45, 2.75) is 38.5 Å². The second-order valence-electron chi connectivity index (χ2n) is 5.11. The maximum atomic E-state index is 2.40. The first-order chi connectivity index (χ1) is 6.84. The van der Waals surface area contributed by atoms with Gasteiger partial charge in [0.15, 0.2) is 0 Å². The van der Waals surface area contributed by atoms with Gasteiger partial charge in [0.1, 0.15) is 0 Å². The van der Waals surface area contributed by atoms with Crippen molar-refractivity contribution in [2.75, 3.05) is 0 Å². The van der Waals surface area contributed by atoms with E-state index in [-0.39, 0.29) is 0 Å². The molecule has 74 valence electrons. The van der Waals surface area contributed by atoms with Gasteiger partial charge in [-0.1, -0.05) is 29.8 Å². The molecule has 0 atom stereocenters. The molecule has 3 rings (SSSR count). The van der Waals surface area contributed by atoms with Crippen LogP contribution in [-0.4, -0.2) is 0 Å². The van der Waals surface area contributed by atoms with Gasteiger partial charge in [0.25, 0.3) is 0 Å². The predicted molar refractivity (Wildman–Crippen MR) is 59.4 cm³/mol. The summed E-state index contributed by atoms with van der Waals surface area (Å²) in [7, 11) is 0. The molecule has 2 fully saturated rings. The predicted octanol–water partition coefficient (Wildman–Crippen LogP) is 3.90. The van der Waals surface area contributed by atoms with E-state index in [1.165, 1.54) is 31.2 Å². The Morgan fingerprint density at radius 3 is 2.21 bits per heavy atom. The second kappa shape index (κ2) is 3.12. The highest BCUT2D eigenvalue weighted by Gasteiger charge is 2.41. The Balaban J connectivity index is 1.95. The van der Waals surface area contributed by atoms with Gasteiger partial charge in [0.2, 0.25) is 0 Å². The number of hydrogen-bond donors (Lipinski definition) is 0. The molecule has 14 heavy (non-hydrogen) atoms. The number of rotatable bonds is 1. The van der Waals surface area contributed by atoms with Crippen LogP contribution in [0.25, 0.3) is 0 Å². The van der Waals surface area contributed by atoms with Crippen LogP contribution in [0.1, 0.15) is 42.7 Å². The molecule has 0 N–H and O–H groups in total. The average molecular weight is 186 g/mol.